The molecular weight excluding hydrogens is 232 g/mol. The maximum atomic E-state index is 9.42. The van der Waals surface area contributed by atoms with Crippen LogP contribution < -0.4 is 5.73 Å². The third kappa shape index (κ3) is 5.55. The van der Waals surface area contributed by atoms with Crippen molar-refractivity contribution in [3.8, 4) is 0 Å². The average molecular weight is 254 g/mol. The number of hydrogen-bond donors (Lipinski definition) is 2. The lowest BCUT2D eigenvalue weighted by atomic mass is 10.1. The number of thioether (sulfide) groups is 1. The van der Waals surface area contributed by atoms with E-state index in [1.165, 1.54) is 10.5 Å². The molecule has 1 rings (SSSR count). The molecule has 1 atom stereocenters. The van der Waals surface area contributed by atoms with E-state index in [2.05, 4.69) is 35.4 Å². The fourth-order valence-electron chi connectivity index (χ4n) is 1.64. The molecule has 0 aromatic heterocycles. The van der Waals surface area contributed by atoms with E-state index in [1.807, 2.05) is 7.05 Å². The largest absolute Gasteiger partial charge is 0.390 e. The van der Waals surface area contributed by atoms with Crippen molar-refractivity contribution in [2.75, 3.05) is 32.9 Å². The summed E-state index contributed by atoms with van der Waals surface area (Å²) in [5.74, 6) is 0. The molecule has 3 N–H and O–H groups in total. The van der Waals surface area contributed by atoms with Gasteiger partial charge in [-0.1, -0.05) is 12.1 Å². The predicted molar refractivity (Wildman–Crippen MR) is 74.5 cm³/mol. The second-order valence-electron chi connectivity index (χ2n) is 4.25. The van der Waals surface area contributed by atoms with E-state index in [9.17, 15) is 5.11 Å². The Morgan fingerprint density at radius 1 is 1.35 bits per heavy atom. The quantitative estimate of drug-likeness (QED) is 0.718. The molecule has 4 heteroatoms. The maximum absolute atomic E-state index is 9.42. The van der Waals surface area contributed by atoms with E-state index in [1.54, 1.807) is 11.8 Å². The fourth-order valence-corrected chi connectivity index (χ4v) is 2.05. The van der Waals surface area contributed by atoms with Crippen molar-refractivity contribution >= 4 is 11.8 Å². The molecule has 0 aliphatic heterocycles. The molecule has 1 aromatic carbocycles. The first-order valence-corrected chi connectivity index (χ1v) is 7.07. The Balaban J connectivity index is 2.34. The summed E-state index contributed by atoms with van der Waals surface area (Å²) in [7, 11) is 2.01. The van der Waals surface area contributed by atoms with Gasteiger partial charge < -0.3 is 15.7 Å². The van der Waals surface area contributed by atoms with Crippen molar-refractivity contribution < 1.29 is 5.11 Å². The summed E-state index contributed by atoms with van der Waals surface area (Å²) in [6, 6.07) is 8.63. The van der Waals surface area contributed by atoms with Crippen LogP contribution in [-0.2, 0) is 6.42 Å². The van der Waals surface area contributed by atoms with Crippen LogP contribution >= 0.6 is 11.8 Å². The molecule has 0 amide bonds. The number of benzene rings is 1. The van der Waals surface area contributed by atoms with Crippen LogP contribution in [0.15, 0.2) is 29.2 Å². The third-order valence-electron chi connectivity index (χ3n) is 2.74. The minimum Gasteiger partial charge on any atom is -0.390 e. The van der Waals surface area contributed by atoms with Crippen molar-refractivity contribution in [3.05, 3.63) is 29.8 Å². The Bertz CT molecular complexity index is 316. The first-order valence-electron chi connectivity index (χ1n) is 5.85. The van der Waals surface area contributed by atoms with Crippen LogP contribution in [0.2, 0.25) is 0 Å². The van der Waals surface area contributed by atoms with Crippen LogP contribution in [0.1, 0.15) is 5.56 Å². The molecule has 0 spiro atoms. The highest BCUT2D eigenvalue weighted by Crippen LogP contribution is 2.15. The summed E-state index contributed by atoms with van der Waals surface area (Å²) in [6.45, 7) is 1.90. The van der Waals surface area contributed by atoms with Crippen molar-refractivity contribution in [1.82, 2.24) is 4.90 Å². The van der Waals surface area contributed by atoms with Crippen LogP contribution in [0, 0.1) is 0 Å². The van der Waals surface area contributed by atoms with Gasteiger partial charge in [-0.25, -0.2) is 0 Å². The van der Waals surface area contributed by atoms with Gasteiger partial charge in [-0.2, -0.15) is 0 Å². The number of likely N-dealkylation sites (N-methyl/N-ethyl adjacent to an activating group) is 1. The summed E-state index contributed by atoms with van der Waals surface area (Å²) < 4.78 is 0. The van der Waals surface area contributed by atoms with E-state index in [0.29, 0.717) is 13.1 Å². The highest BCUT2D eigenvalue weighted by molar-refractivity contribution is 7.98. The van der Waals surface area contributed by atoms with Gasteiger partial charge in [0.2, 0.25) is 0 Å². The number of hydrogen-bond acceptors (Lipinski definition) is 4. The van der Waals surface area contributed by atoms with Gasteiger partial charge in [-0.3, -0.25) is 0 Å². The van der Waals surface area contributed by atoms with E-state index < -0.39 is 6.10 Å². The van der Waals surface area contributed by atoms with Crippen molar-refractivity contribution in [2.45, 2.75) is 17.4 Å². The number of aliphatic hydroxyl groups excluding tert-OH is 1. The van der Waals surface area contributed by atoms with Gasteiger partial charge in [0, 0.05) is 24.5 Å². The van der Waals surface area contributed by atoms with Crippen LogP contribution in [-0.4, -0.2) is 49.0 Å². The molecule has 96 valence electrons. The van der Waals surface area contributed by atoms with Gasteiger partial charge in [-0.05, 0) is 37.4 Å². The summed E-state index contributed by atoms with van der Waals surface area (Å²) in [5.41, 5.74) is 6.71. The highest BCUT2D eigenvalue weighted by atomic mass is 32.2. The minimum absolute atomic E-state index is 0.326. The van der Waals surface area contributed by atoms with Gasteiger partial charge in [0.05, 0.1) is 6.10 Å². The minimum atomic E-state index is -0.418. The standard InChI is InChI=1S/C13H22N2OS/c1-15(10-12(16)9-14)8-7-11-3-5-13(17-2)6-4-11/h3-6,12,16H,7-10,14H2,1-2H3. The molecule has 1 aromatic rings. The second kappa shape index (κ2) is 7.71. The van der Waals surface area contributed by atoms with Gasteiger partial charge in [0.1, 0.15) is 0 Å². The van der Waals surface area contributed by atoms with Gasteiger partial charge in [-0.15, -0.1) is 11.8 Å². The van der Waals surface area contributed by atoms with Crippen molar-refractivity contribution in [2.24, 2.45) is 5.73 Å². The van der Waals surface area contributed by atoms with Gasteiger partial charge in [0.15, 0.2) is 0 Å². The molecule has 0 heterocycles. The van der Waals surface area contributed by atoms with Gasteiger partial charge in [0.25, 0.3) is 0 Å². The second-order valence-corrected chi connectivity index (χ2v) is 5.13. The molecule has 17 heavy (non-hydrogen) atoms. The lowest BCUT2D eigenvalue weighted by Crippen LogP contribution is -2.35. The lowest BCUT2D eigenvalue weighted by Gasteiger charge is -2.19. The Labute approximate surface area is 108 Å². The normalized spacial score (nSPS) is 13.0. The molecule has 3 nitrogen and oxygen atoms in total. The molecule has 0 bridgehead atoms. The van der Waals surface area contributed by atoms with Crippen LogP contribution in [0.25, 0.3) is 0 Å². The maximum Gasteiger partial charge on any atom is 0.0788 e. The monoisotopic (exact) mass is 254 g/mol. The number of nitrogens with two attached hydrogens (primary N) is 1. The van der Waals surface area contributed by atoms with E-state index >= 15 is 0 Å². The van der Waals surface area contributed by atoms with E-state index in [0.717, 1.165) is 13.0 Å². The topological polar surface area (TPSA) is 49.5 Å². The Morgan fingerprint density at radius 2 is 2.00 bits per heavy atom. The SMILES string of the molecule is CSc1ccc(CCN(C)CC(O)CN)cc1. The summed E-state index contributed by atoms with van der Waals surface area (Å²) in [6.07, 6.45) is 2.67. The zero-order chi connectivity index (χ0) is 12.7. The van der Waals surface area contributed by atoms with E-state index in [-0.39, 0.29) is 0 Å². The first kappa shape index (κ1) is 14.5. The fraction of sp³-hybridized carbons (Fsp3) is 0.538. The lowest BCUT2D eigenvalue weighted by molar-refractivity contribution is 0.133. The Hall–Kier alpha value is -0.550. The van der Waals surface area contributed by atoms with Crippen molar-refractivity contribution in [1.29, 1.82) is 0 Å². The molecular formula is C13H22N2OS. The van der Waals surface area contributed by atoms with Crippen LogP contribution in [0.3, 0.4) is 0 Å². The predicted octanol–water partition coefficient (Wildman–Crippen LogP) is 1.20. The number of rotatable bonds is 7. The summed E-state index contributed by atoms with van der Waals surface area (Å²) in [4.78, 5) is 3.40. The number of aliphatic hydroxyl groups is 1. The highest BCUT2D eigenvalue weighted by Gasteiger charge is 2.05. The van der Waals surface area contributed by atoms with E-state index in [4.69, 9.17) is 5.73 Å². The zero-order valence-electron chi connectivity index (χ0n) is 10.6. The van der Waals surface area contributed by atoms with Crippen LogP contribution in [0.5, 0.6) is 0 Å². The zero-order valence-corrected chi connectivity index (χ0v) is 11.4. The molecule has 0 saturated heterocycles. The smallest absolute Gasteiger partial charge is 0.0788 e. The molecule has 0 radical (unpaired) electrons. The Kier molecular flexibility index (Phi) is 6.58. The summed E-state index contributed by atoms with van der Waals surface area (Å²) in [5, 5.41) is 9.42. The third-order valence-corrected chi connectivity index (χ3v) is 3.48. The molecule has 1 unspecified atom stereocenters. The number of nitrogens with zero attached hydrogens (tertiary/aromatic N) is 1. The van der Waals surface area contributed by atoms with Crippen LogP contribution in [0.4, 0.5) is 0 Å². The Morgan fingerprint density at radius 3 is 2.53 bits per heavy atom. The first-order chi connectivity index (χ1) is 8.15. The molecule has 0 saturated carbocycles. The molecule has 0 fully saturated rings. The molecule has 0 aliphatic rings. The summed E-state index contributed by atoms with van der Waals surface area (Å²) >= 11 is 1.76. The molecule has 0 aliphatic carbocycles. The average Bonchev–Trinajstić information content (AvgIpc) is 2.36. The van der Waals surface area contributed by atoms with Crippen molar-refractivity contribution in [3.63, 3.8) is 0 Å². The van der Waals surface area contributed by atoms with Gasteiger partial charge >= 0.3 is 0 Å².